The zero-order chi connectivity index (χ0) is 14.2. The molecule has 2 aromatic rings. The summed E-state index contributed by atoms with van der Waals surface area (Å²) in [6.45, 7) is 7.10. The largest absolute Gasteiger partial charge is 0.369 e. The minimum absolute atomic E-state index is 0.103. The van der Waals surface area contributed by atoms with Crippen LogP contribution in [0.15, 0.2) is 6.20 Å². The third-order valence-corrected chi connectivity index (χ3v) is 2.86. The van der Waals surface area contributed by atoms with Crippen LogP contribution < -0.4 is 5.32 Å². The maximum absolute atomic E-state index is 9.19. The summed E-state index contributed by atoms with van der Waals surface area (Å²) in [6, 6.07) is 2.16. The molecular formula is C13H16ClN5. The maximum atomic E-state index is 9.19. The summed E-state index contributed by atoms with van der Waals surface area (Å²) in [4.78, 5) is 8.38. The molecule has 0 aliphatic carbocycles. The van der Waals surface area contributed by atoms with Crippen LogP contribution in [0.25, 0.3) is 11.0 Å². The first-order valence-electron chi connectivity index (χ1n) is 5.98. The van der Waals surface area contributed by atoms with Gasteiger partial charge in [-0.1, -0.05) is 20.8 Å². The van der Waals surface area contributed by atoms with E-state index in [0.29, 0.717) is 17.0 Å². The second-order valence-corrected chi connectivity index (χ2v) is 6.06. The minimum atomic E-state index is 0.103. The Balaban J connectivity index is 2.56. The molecule has 0 amide bonds. The Kier molecular flexibility index (Phi) is 3.38. The highest BCUT2D eigenvalue weighted by Crippen LogP contribution is 2.27. The monoisotopic (exact) mass is 277 g/mol. The van der Waals surface area contributed by atoms with Crippen LogP contribution in [0.4, 0.5) is 5.82 Å². The van der Waals surface area contributed by atoms with Crippen molar-refractivity contribution < 1.29 is 0 Å². The Morgan fingerprint density at radius 3 is 2.68 bits per heavy atom. The average molecular weight is 278 g/mol. The van der Waals surface area contributed by atoms with Crippen molar-refractivity contribution in [1.82, 2.24) is 14.5 Å². The van der Waals surface area contributed by atoms with E-state index in [9.17, 15) is 5.26 Å². The summed E-state index contributed by atoms with van der Waals surface area (Å²) >= 11 is 5.94. The van der Waals surface area contributed by atoms with Gasteiger partial charge < -0.3 is 9.88 Å². The van der Waals surface area contributed by atoms with Crippen molar-refractivity contribution >= 4 is 28.5 Å². The van der Waals surface area contributed by atoms with Crippen LogP contribution in [0, 0.1) is 16.7 Å². The fourth-order valence-corrected chi connectivity index (χ4v) is 1.97. The van der Waals surface area contributed by atoms with Crippen LogP contribution in [0.3, 0.4) is 0 Å². The molecule has 0 aromatic carbocycles. The summed E-state index contributed by atoms with van der Waals surface area (Å²) in [6.07, 6.45) is 1.73. The predicted molar refractivity (Wildman–Crippen MR) is 76.2 cm³/mol. The topological polar surface area (TPSA) is 66.5 Å². The van der Waals surface area contributed by atoms with Crippen LogP contribution >= 0.6 is 11.6 Å². The van der Waals surface area contributed by atoms with Crippen molar-refractivity contribution in [1.29, 1.82) is 5.26 Å². The van der Waals surface area contributed by atoms with Crippen molar-refractivity contribution in [3.63, 3.8) is 0 Å². The maximum Gasteiger partial charge on any atom is 0.226 e. The summed E-state index contributed by atoms with van der Waals surface area (Å²) in [5, 5.41) is 13.3. The van der Waals surface area contributed by atoms with Gasteiger partial charge in [-0.05, 0) is 17.0 Å². The number of aryl methyl sites for hydroxylation is 1. The SMILES string of the molecule is Cn1cc(C#N)c2c(NCC(C)(C)C)nc(Cl)nc21. The first kappa shape index (κ1) is 13.6. The summed E-state index contributed by atoms with van der Waals surface area (Å²) in [7, 11) is 1.83. The van der Waals surface area contributed by atoms with Gasteiger partial charge in [0.15, 0.2) is 0 Å². The van der Waals surface area contributed by atoms with Crippen molar-refractivity contribution in [2.24, 2.45) is 12.5 Å². The van der Waals surface area contributed by atoms with E-state index in [0.717, 1.165) is 11.9 Å². The van der Waals surface area contributed by atoms with E-state index < -0.39 is 0 Å². The lowest BCUT2D eigenvalue weighted by Gasteiger charge is -2.19. The molecule has 1 N–H and O–H groups in total. The minimum Gasteiger partial charge on any atom is -0.369 e. The molecule has 0 bridgehead atoms. The standard InChI is InChI=1S/C13H16ClN5/c1-13(2,3)7-16-10-9-8(5-15)6-19(4)11(9)18-12(14)17-10/h6H,7H2,1-4H3,(H,16,17,18). The van der Waals surface area contributed by atoms with Crippen LogP contribution in [0.5, 0.6) is 0 Å². The van der Waals surface area contributed by atoms with Gasteiger partial charge in [-0.3, -0.25) is 0 Å². The first-order chi connectivity index (χ1) is 8.81. The highest BCUT2D eigenvalue weighted by molar-refractivity contribution is 6.28. The number of rotatable bonds is 2. The molecule has 0 saturated carbocycles. The van der Waals surface area contributed by atoms with E-state index >= 15 is 0 Å². The molecule has 0 radical (unpaired) electrons. The van der Waals surface area contributed by atoms with Gasteiger partial charge in [0.2, 0.25) is 5.28 Å². The molecule has 0 aliphatic rings. The Labute approximate surface area is 117 Å². The molecule has 0 spiro atoms. The van der Waals surface area contributed by atoms with E-state index in [-0.39, 0.29) is 10.7 Å². The van der Waals surface area contributed by atoms with Crippen molar-refractivity contribution in [3.8, 4) is 6.07 Å². The van der Waals surface area contributed by atoms with E-state index in [1.54, 1.807) is 10.8 Å². The molecule has 2 heterocycles. The molecule has 0 saturated heterocycles. The zero-order valence-electron chi connectivity index (χ0n) is 11.5. The second kappa shape index (κ2) is 4.71. The predicted octanol–water partition coefficient (Wildman–Crippen LogP) is 2.95. The number of nitrogens with zero attached hydrogens (tertiary/aromatic N) is 4. The van der Waals surface area contributed by atoms with Crippen molar-refractivity contribution in [2.75, 3.05) is 11.9 Å². The highest BCUT2D eigenvalue weighted by atomic mass is 35.5. The van der Waals surface area contributed by atoms with Gasteiger partial charge in [0.25, 0.3) is 0 Å². The van der Waals surface area contributed by atoms with Gasteiger partial charge in [0.05, 0.1) is 10.9 Å². The molecule has 2 rings (SSSR count). The zero-order valence-corrected chi connectivity index (χ0v) is 12.2. The number of anilines is 1. The van der Waals surface area contributed by atoms with Crippen LogP contribution in [0.1, 0.15) is 26.3 Å². The fourth-order valence-electron chi connectivity index (χ4n) is 1.81. The van der Waals surface area contributed by atoms with Gasteiger partial charge in [-0.25, -0.2) is 4.98 Å². The Morgan fingerprint density at radius 2 is 2.11 bits per heavy atom. The van der Waals surface area contributed by atoms with Crippen molar-refractivity contribution in [3.05, 3.63) is 17.0 Å². The Hall–Kier alpha value is -1.80. The van der Waals surface area contributed by atoms with Gasteiger partial charge in [-0.15, -0.1) is 0 Å². The smallest absolute Gasteiger partial charge is 0.226 e. The van der Waals surface area contributed by atoms with Gasteiger partial charge >= 0.3 is 0 Å². The molecule has 0 aliphatic heterocycles. The Bertz CT molecular complexity index is 660. The molecule has 5 nitrogen and oxygen atoms in total. The summed E-state index contributed by atoms with van der Waals surface area (Å²) < 4.78 is 1.78. The van der Waals surface area contributed by atoms with Crippen LogP contribution in [-0.4, -0.2) is 21.1 Å². The van der Waals surface area contributed by atoms with E-state index in [4.69, 9.17) is 11.6 Å². The Morgan fingerprint density at radius 1 is 1.42 bits per heavy atom. The van der Waals surface area contributed by atoms with Gasteiger partial charge in [-0.2, -0.15) is 10.2 Å². The number of hydrogen-bond acceptors (Lipinski definition) is 4. The van der Waals surface area contributed by atoms with Crippen LogP contribution in [0.2, 0.25) is 5.28 Å². The summed E-state index contributed by atoms with van der Waals surface area (Å²) in [5.74, 6) is 0.613. The molecular weight excluding hydrogens is 262 g/mol. The molecule has 19 heavy (non-hydrogen) atoms. The average Bonchev–Trinajstić information content (AvgIpc) is 2.62. The third kappa shape index (κ3) is 2.79. The third-order valence-electron chi connectivity index (χ3n) is 2.70. The number of fused-ring (bicyclic) bond motifs is 1. The van der Waals surface area contributed by atoms with E-state index in [1.807, 2.05) is 7.05 Å². The quantitative estimate of drug-likeness (QED) is 0.857. The second-order valence-electron chi connectivity index (χ2n) is 5.72. The fraction of sp³-hybridized carbons (Fsp3) is 0.462. The lowest BCUT2D eigenvalue weighted by atomic mass is 9.97. The number of nitriles is 1. The number of halogens is 1. The highest BCUT2D eigenvalue weighted by Gasteiger charge is 2.17. The summed E-state index contributed by atoms with van der Waals surface area (Å²) in [5.41, 5.74) is 1.31. The molecule has 100 valence electrons. The number of nitrogens with one attached hydrogen (secondary N) is 1. The molecule has 0 unspecified atom stereocenters. The number of hydrogen-bond donors (Lipinski definition) is 1. The first-order valence-corrected chi connectivity index (χ1v) is 6.36. The lowest BCUT2D eigenvalue weighted by molar-refractivity contribution is 0.442. The normalized spacial score (nSPS) is 11.6. The molecule has 0 fully saturated rings. The lowest BCUT2D eigenvalue weighted by Crippen LogP contribution is -2.20. The van der Waals surface area contributed by atoms with Crippen LogP contribution in [-0.2, 0) is 7.05 Å². The van der Waals surface area contributed by atoms with Crippen molar-refractivity contribution in [2.45, 2.75) is 20.8 Å². The molecule has 0 atom stereocenters. The molecule has 2 aromatic heterocycles. The number of aromatic nitrogens is 3. The van der Waals surface area contributed by atoms with E-state index in [1.165, 1.54) is 0 Å². The van der Waals surface area contributed by atoms with Gasteiger partial charge in [0, 0.05) is 19.8 Å². The van der Waals surface area contributed by atoms with Gasteiger partial charge in [0.1, 0.15) is 17.5 Å². The van der Waals surface area contributed by atoms with E-state index in [2.05, 4.69) is 42.1 Å². The molecule has 6 heteroatoms.